The fourth-order valence-corrected chi connectivity index (χ4v) is 4.92. The Kier molecular flexibility index (Phi) is 8.58. The maximum atomic E-state index is 5.55. The zero-order valence-electron chi connectivity index (χ0n) is 23.3. The molecule has 4 aromatic rings. The van der Waals surface area contributed by atoms with Crippen LogP contribution in [-0.4, -0.2) is 66.3 Å². The van der Waals surface area contributed by atoms with Gasteiger partial charge >= 0.3 is 0 Å². The third-order valence-corrected chi connectivity index (χ3v) is 7.09. The second kappa shape index (κ2) is 12.4. The van der Waals surface area contributed by atoms with Crippen LogP contribution in [0.25, 0.3) is 22.3 Å². The number of anilines is 2. The predicted octanol–water partition coefficient (Wildman–Crippen LogP) is 5.07. The first-order valence-electron chi connectivity index (χ1n) is 13.6. The van der Waals surface area contributed by atoms with Gasteiger partial charge < -0.3 is 24.4 Å². The third kappa shape index (κ3) is 6.66. The second-order valence-corrected chi connectivity index (χ2v) is 10.3. The number of aromatic nitrogens is 4. The van der Waals surface area contributed by atoms with Gasteiger partial charge in [-0.2, -0.15) is 5.10 Å². The van der Waals surface area contributed by atoms with Gasteiger partial charge in [0.1, 0.15) is 11.5 Å². The van der Waals surface area contributed by atoms with E-state index in [1.54, 1.807) is 14.2 Å². The molecule has 1 fully saturated rings. The molecule has 5 rings (SSSR count). The zero-order valence-corrected chi connectivity index (χ0v) is 23.3. The molecule has 206 valence electrons. The number of nitrogens with one attached hydrogen (secondary N) is 1. The number of ether oxygens (including phenoxy) is 3. The van der Waals surface area contributed by atoms with Crippen LogP contribution in [0.1, 0.15) is 26.7 Å². The molecule has 1 aliphatic heterocycles. The van der Waals surface area contributed by atoms with Gasteiger partial charge in [0, 0.05) is 80.2 Å². The van der Waals surface area contributed by atoms with Crippen molar-refractivity contribution in [1.82, 2.24) is 25.1 Å². The van der Waals surface area contributed by atoms with Crippen LogP contribution in [0.15, 0.2) is 55.0 Å². The van der Waals surface area contributed by atoms with E-state index in [2.05, 4.69) is 47.5 Å². The fraction of sp³-hybridized carbons (Fsp3) is 0.433. The van der Waals surface area contributed by atoms with Gasteiger partial charge in [-0.05, 0) is 37.0 Å². The van der Waals surface area contributed by atoms with Gasteiger partial charge in [0.25, 0.3) is 0 Å². The van der Waals surface area contributed by atoms with E-state index in [0.717, 1.165) is 90.9 Å². The summed E-state index contributed by atoms with van der Waals surface area (Å²) in [5, 5.41) is 8.13. The SMILES string of the molecule is COc1cc(OC)cc(N(CCNC(C)C)c2ccc3ncc(-c4cnn(CC5CCOCC5)c4)nc3c2)c1. The van der Waals surface area contributed by atoms with E-state index in [0.29, 0.717) is 12.0 Å². The Hall–Kier alpha value is -3.69. The Morgan fingerprint density at radius 3 is 2.49 bits per heavy atom. The summed E-state index contributed by atoms with van der Waals surface area (Å²) in [6, 6.07) is 12.5. The van der Waals surface area contributed by atoms with E-state index in [-0.39, 0.29) is 0 Å². The molecule has 9 heteroatoms. The summed E-state index contributed by atoms with van der Waals surface area (Å²) in [6.07, 6.45) is 7.94. The van der Waals surface area contributed by atoms with E-state index >= 15 is 0 Å². The monoisotopic (exact) mass is 530 g/mol. The van der Waals surface area contributed by atoms with Crippen LogP contribution >= 0.6 is 0 Å². The van der Waals surface area contributed by atoms with E-state index in [9.17, 15) is 0 Å². The molecule has 0 aliphatic carbocycles. The van der Waals surface area contributed by atoms with Crippen molar-refractivity contribution in [3.8, 4) is 22.8 Å². The molecule has 9 nitrogen and oxygen atoms in total. The fourth-order valence-electron chi connectivity index (χ4n) is 4.92. The molecular weight excluding hydrogens is 492 g/mol. The number of hydrogen-bond donors (Lipinski definition) is 1. The van der Waals surface area contributed by atoms with Gasteiger partial charge in [0.2, 0.25) is 0 Å². The minimum atomic E-state index is 0.393. The maximum Gasteiger partial charge on any atom is 0.124 e. The molecule has 1 aliphatic rings. The lowest BCUT2D eigenvalue weighted by atomic mass is 10.0. The van der Waals surface area contributed by atoms with Crippen LogP contribution in [0.4, 0.5) is 11.4 Å². The van der Waals surface area contributed by atoms with Crippen molar-refractivity contribution in [2.75, 3.05) is 45.4 Å². The summed E-state index contributed by atoms with van der Waals surface area (Å²) in [7, 11) is 3.34. The summed E-state index contributed by atoms with van der Waals surface area (Å²) in [4.78, 5) is 11.9. The highest BCUT2D eigenvalue weighted by atomic mass is 16.5. The number of benzene rings is 2. The highest BCUT2D eigenvalue weighted by Crippen LogP contribution is 2.34. The van der Waals surface area contributed by atoms with Gasteiger partial charge in [-0.15, -0.1) is 0 Å². The van der Waals surface area contributed by atoms with Gasteiger partial charge in [0.15, 0.2) is 0 Å². The molecule has 0 unspecified atom stereocenters. The van der Waals surface area contributed by atoms with Gasteiger partial charge in [-0.25, -0.2) is 4.98 Å². The lowest BCUT2D eigenvalue weighted by Gasteiger charge is -2.27. The molecule has 3 heterocycles. The molecule has 1 saturated heterocycles. The van der Waals surface area contributed by atoms with Crippen LogP contribution in [0.5, 0.6) is 11.5 Å². The van der Waals surface area contributed by atoms with Crippen molar-refractivity contribution >= 4 is 22.4 Å². The minimum absolute atomic E-state index is 0.393. The zero-order chi connectivity index (χ0) is 27.2. The summed E-state index contributed by atoms with van der Waals surface area (Å²) in [5.74, 6) is 2.08. The van der Waals surface area contributed by atoms with Gasteiger partial charge in [-0.1, -0.05) is 13.8 Å². The average Bonchev–Trinajstić information content (AvgIpc) is 3.43. The molecule has 1 N–H and O–H groups in total. The Balaban J connectivity index is 1.45. The molecule has 0 saturated carbocycles. The van der Waals surface area contributed by atoms with Crippen LogP contribution in [0.3, 0.4) is 0 Å². The van der Waals surface area contributed by atoms with Crippen molar-refractivity contribution < 1.29 is 14.2 Å². The standard InChI is InChI=1S/C30H38N6O3/c1-21(2)31-9-10-36(25-13-26(37-3)16-27(14-25)38-4)24-5-6-28-29(15-24)34-30(18-32-28)23-17-33-35(20-23)19-22-7-11-39-12-8-22/h5-6,13-18,20-22,31H,7-12,19H2,1-4H3. The number of methoxy groups -OCH3 is 2. The number of rotatable bonds is 11. The Bertz CT molecular complexity index is 1360. The van der Waals surface area contributed by atoms with Crippen LogP contribution in [0, 0.1) is 5.92 Å². The molecule has 0 spiro atoms. The first kappa shape index (κ1) is 26.9. The third-order valence-electron chi connectivity index (χ3n) is 7.09. The Labute approximate surface area is 230 Å². The molecule has 39 heavy (non-hydrogen) atoms. The minimum Gasteiger partial charge on any atom is -0.497 e. The quantitative estimate of drug-likeness (QED) is 0.288. The smallest absolute Gasteiger partial charge is 0.124 e. The second-order valence-electron chi connectivity index (χ2n) is 10.3. The number of nitrogens with zero attached hydrogens (tertiary/aromatic N) is 5. The lowest BCUT2D eigenvalue weighted by molar-refractivity contribution is 0.0601. The number of fused-ring (bicyclic) bond motifs is 1. The van der Waals surface area contributed by atoms with E-state index in [4.69, 9.17) is 24.2 Å². The summed E-state index contributed by atoms with van der Waals surface area (Å²) in [5.41, 5.74) is 5.46. The molecule has 0 amide bonds. The molecule has 2 aromatic heterocycles. The molecular formula is C30H38N6O3. The highest BCUT2D eigenvalue weighted by molar-refractivity contribution is 5.82. The highest BCUT2D eigenvalue weighted by Gasteiger charge is 2.17. The topological polar surface area (TPSA) is 86.6 Å². The number of hydrogen-bond acceptors (Lipinski definition) is 8. The summed E-state index contributed by atoms with van der Waals surface area (Å²) < 4.78 is 18.6. The van der Waals surface area contributed by atoms with Crippen molar-refractivity contribution in [1.29, 1.82) is 0 Å². The first-order valence-corrected chi connectivity index (χ1v) is 13.6. The predicted molar refractivity (Wildman–Crippen MR) is 154 cm³/mol. The van der Waals surface area contributed by atoms with Crippen molar-refractivity contribution in [3.63, 3.8) is 0 Å². The van der Waals surface area contributed by atoms with Crippen molar-refractivity contribution in [2.45, 2.75) is 39.3 Å². The van der Waals surface area contributed by atoms with Gasteiger partial charge in [-0.3, -0.25) is 9.67 Å². The van der Waals surface area contributed by atoms with Crippen LogP contribution in [0.2, 0.25) is 0 Å². The first-order chi connectivity index (χ1) is 19.0. The molecule has 0 radical (unpaired) electrons. The average molecular weight is 531 g/mol. The lowest BCUT2D eigenvalue weighted by Crippen LogP contribution is -2.32. The van der Waals surface area contributed by atoms with Crippen molar-refractivity contribution in [3.05, 3.63) is 55.0 Å². The molecule has 0 atom stereocenters. The van der Waals surface area contributed by atoms with Crippen LogP contribution < -0.4 is 19.7 Å². The van der Waals surface area contributed by atoms with E-state index in [1.807, 2.05) is 41.3 Å². The molecule has 2 aromatic carbocycles. The van der Waals surface area contributed by atoms with Crippen LogP contribution in [-0.2, 0) is 11.3 Å². The normalized spacial score (nSPS) is 14.2. The van der Waals surface area contributed by atoms with Gasteiger partial charge in [0.05, 0.1) is 43.3 Å². The maximum absolute atomic E-state index is 5.55. The largest absolute Gasteiger partial charge is 0.497 e. The summed E-state index contributed by atoms with van der Waals surface area (Å²) in [6.45, 7) is 8.45. The van der Waals surface area contributed by atoms with E-state index in [1.165, 1.54) is 0 Å². The Morgan fingerprint density at radius 1 is 1.00 bits per heavy atom. The van der Waals surface area contributed by atoms with E-state index < -0.39 is 0 Å². The molecule has 0 bridgehead atoms. The summed E-state index contributed by atoms with van der Waals surface area (Å²) >= 11 is 0. The Morgan fingerprint density at radius 2 is 1.77 bits per heavy atom. The van der Waals surface area contributed by atoms with Crippen molar-refractivity contribution in [2.24, 2.45) is 5.92 Å².